The van der Waals surface area contributed by atoms with E-state index in [-0.39, 0.29) is 0 Å². The lowest BCUT2D eigenvalue weighted by atomic mass is 9.91. The van der Waals surface area contributed by atoms with Gasteiger partial charge >= 0.3 is 0 Å². The average Bonchev–Trinajstić information content (AvgIpc) is 3.68. The van der Waals surface area contributed by atoms with Gasteiger partial charge in [0.2, 0.25) is 0 Å². The minimum atomic E-state index is 1.16. The first-order chi connectivity index (χ1) is 24.3. The van der Waals surface area contributed by atoms with Gasteiger partial charge in [-0.3, -0.25) is 0 Å². The van der Waals surface area contributed by atoms with Crippen LogP contribution in [0.25, 0.3) is 64.3 Å². The molecular weight excluding hydrogens is 631 g/mol. The van der Waals surface area contributed by atoms with Crippen molar-refractivity contribution in [3.63, 3.8) is 0 Å². The van der Waals surface area contributed by atoms with Crippen molar-refractivity contribution in [1.29, 1.82) is 0 Å². The van der Waals surface area contributed by atoms with Crippen LogP contribution in [0.5, 0.6) is 0 Å². The van der Waals surface area contributed by atoms with Crippen LogP contribution in [0, 0.1) is 0 Å². The SMILES string of the molecule is c1ccc(-c2ccc(-c3cc(-c4ccc5c6ccccc6c6ccccc6c5c4)cc(N4c5ccccc5Sc5ccccc54)c3)s2)cc1. The van der Waals surface area contributed by atoms with Gasteiger partial charge in [0.1, 0.15) is 0 Å². The Morgan fingerprint density at radius 1 is 0.327 bits per heavy atom. The molecule has 1 nitrogen and oxygen atoms in total. The molecule has 0 N–H and O–H groups in total. The number of fused-ring (bicyclic) bond motifs is 8. The highest BCUT2D eigenvalue weighted by atomic mass is 32.2. The summed E-state index contributed by atoms with van der Waals surface area (Å²) in [4.78, 5) is 7.51. The number of nitrogens with zero attached hydrogens (tertiary/aromatic N) is 1. The van der Waals surface area contributed by atoms with Crippen LogP contribution in [-0.2, 0) is 0 Å². The molecular formula is C46H29NS2. The molecule has 0 bridgehead atoms. The quantitative estimate of drug-likeness (QED) is 0.173. The standard InChI is InChI=1S/C46H29NS2/c1-2-12-30(13-3-1)43-24-25-44(48-43)33-26-32(27-34(28-33)47-41-18-8-10-20-45(41)49-46-21-11-9-19-42(46)47)31-22-23-39-37-16-5-4-14-35(37)36-15-6-7-17-38(36)40(39)29-31/h1-29H. The normalized spacial score (nSPS) is 12.4. The number of para-hydroxylation sites is 2. The van der Waals surface area contributed by atoms with Crippen LogP contribution in [0.2, 0.25) is 0 Å². The van der Waals surface area contributed by atoms with Gasteiger partial charge in [-0.25, -0.2) is 0 Å². The van der Waals surface area contributed by atoms with Crippen LogP contribution in [0.15, 0.2) is 186 Å². The number of rotatable bonds is 4. The molecule has 9 aromatic rings. The lowest BCUT2D eigenvalue weighted by Crippen LogP contribution is -2.14. The second-order valence-corrected chi connectivity index (χ2v) is 14.7. The highest BCUT2D eigenvalue weighted by Crippen LogP contribution is 2.52. The summed E-state index contributed by atoms with van der Waals surface area (Å²) >= 11 is 3.70. The van der Waals surface area contributed by atoms with Crippen LogP contribution in [0.3, 0.4) is 0 Å². The van der Waals surface area contributed by atoms with E-state index in [0.717, 1.165) is 5.69 Å². The van der Waals surface area contributed by atoms with Crippen molar-refractivity contribution in [2.75, 3.05) is 4.90 Å². The molecule has 0 fully saturated rings. The molecule has 10 rings (SSSR count). The molecule has 0 spiro atoms. The highest BCUT2D eigenvalue weighted by Gasteiger charge is 2.25. The summed E-state index contributed by atoms with van der Waals surface area (Å²) < 4.78 is 0. The van der Waals surface area contributed by atoms with E-state index in [1.54, 1.807) is 0 Å². The molecule has 8 aromatic carbocycles. The summed E-state index contributed by atoms with van der Waals surface area (Å²) in [5.41, 5.74) is 8.46. The minimum absolute atomic E-state index is 1.16. The smallest absolute Gasteiger partial charge is 0.0601 e. The zero-order chi connectivity index (χ0) is 32.3. The number of benzene rings is 8. The van der Waals surface area contributed by atoms with Gasteiger partial charge in [-0.05, 0) is 115 Å². The van der Waals surface area contributed by atoms with E-state index in [0.29, 0.717) is 0 Å². The molecule has 3 heteroatoms. The van der Waals surface area contributed by atoms with Gasteiger partial charge in [0.25, 0.3) is 0 Å². The first-order valence-corrected chi connectivity index (χ1v) is 18.2. The van der Waals surface area contributed by atoms with Crippen molar-refractivity contribution in [2.45, 2.75) is 9.79 Å². The van der Waals surface area contributed by atoms with Crippen molar-refractivity contribution in [3.05, 3.63) is 176 Å². The van der Waals surface area contributed by atoms with Crippen molar-refractivity contribution in [1.82, 2.24) is 0 Å². The Hall–Kier alpha value is -5.61. The summed E-state index contributed by atoms with van der Waals surface area (Å²) in [6.45, 7) is 0. The first kappa shape index (κ1) is 28.4. The van der Waals surface area contributed by atoms with Crippen LogP contribution in [-0.4, -0.2) is 0 Å². The van der Waals surface area contributed by atoms with Crippen molar-refractivity contribution < 1.29 is 0 Å². The van der Waals surface area contributed by atoms with Crippen molar-refractivity contribution in [3.8, 4) is 32.0 Å². The van der Waals surface area contributed by atoms with Crippen LogP contribution < -0.4 is 4.90 Å². The van der Waals surface area contributed by atoms with Gasteiger partial charge in [-0.2, -0.15) is 0 Å². The number of hydrogen-bond donors (Lipinski definition) is 0. The molecule has 0 aliphatic carbocycles. The molecule has 2 heterocycles. The molecule has 0 radical (unpaired) electrons. The number of anilines is 3. The Morgan fingerprint density at radius 3 is 1.49 bits per heavy atom. The third-order valence-electron chi connectivity index (χ3n) is 9.63. The van der Waals surface area contributed by atoms with Gasteiger partial charge in [-0.15, -0.1) is 11.3 Å². The molecule has 0 amide bonds. The number of thiophene rings is 1. The molecule has 0 saturated carbocycles. The lowest BCUT2D eigenvalue weighted by molar-refractivity contribution is 1.17. The van der Waals surface area contributed by atoms with E-state index in [2.05, 4.69) is 181 Å². The second kappa shape index (κ2) is 11.5. The van der Waals surface area contributed by atoms with Crippen LogP contribution >= 0.6 is 23.1 Å². The van der Waals surface area contributed by atoms with Gasteiger partial charge in [0, 0.05) is 25.2 Å². The van der Waals surface area contributed by atoms with Crippen LogP contribution in [0.4, 0.5) is 17.1 Å². The predicted molar refractivity (Wildman–Crippen MR) is 212 cm³/mol. The fraction of sp³-hybridized carbons (Fsp3) is 0. The lowest BCUT2D eigenvalue weighted by Gasteiger charge is -2.33. The molecule has 230 valence electrons. The summed E-state index contributed by atoms with van der Waals surface area (Å²) in [6, 6.07) is 64.6. The van der Waals surface area contributed by atoms with E-state index < -0.39 is 0 Å². The Balaban J connectivity index is 1.22. The monoisotopic (exact) mass is 659 g/mol. The predicted octanol–water partition coefficient (Wildman–Crippen LogP) is 14.1. The second-order valence-electron chi connectivity index (χ2n) is 12.5. The van der Waals surface area contributed by atoms with Gasteiger partial charge in [0.15, 0.2) is 0 Å². The van der Waals surface area contributed by atoms with E-state index in [1.165, 1.54) is 85.5 Å². The van der Waals surface area contributed by atoms with E-state index in [4.69, 9.17) is 0 Å². The van der Waals surface area contributed by atoms with Crippen molar-refractivity contribution >= 4 is 72.5 Å². The zero-order valence-electron chi connectivity index (χ0n) is 26.5. The van der Waals surface area contributed by atoms with Gasteiger partial charge in [0.05, 0.1) is 11.4 Å². The summed E-state index contributed by atoms with van der Waals surface area (Å²) in [7, 11) is 0. The average molecular weight is 660 g/mol. The van der Waals surface area contributed by atoms with Crippen LogP contribution in [0.1, 0.15) is 0 Å². The number of hydrogen-bond acceptors (Lipinski definition) is 3. The molecule has 0 atom stereocenters. The van der Waals surface area contributed by atoms with E-state index >= 15 is 0 Å². The third kappa shape index (κ3) is 4.77. The summed E-state index contributed by atoms with van der Waals surface area (Å²) in [5.74, 6) is 0. The molecule has 1 aliphatic heterocycles. The summed E-state index contributed by atoms with van der Waals surface area (Å²) in [6.07, 6.45) is 0. The zero-order valence-corrected chi connectivity index (χ0v) is 28.1. The van der Waals surface area contributed by atoms with Gasteiger partial charge < -0.3 is 4.90 Å². The Kier molecular flexibility index (Phi) is 6.68. The molecule has 1 aliphatic rings. The molecule has 1 aromatic heterocycles. The van der Waals surface area contributed by atoms with Crippen molar-refractivity contribution in [2.24, 2.45) is 0 Å². The first-order valence-electron chi connectivity index (χ1n) is 16.6. The topological polar surface area (TPSA) is 3.24 Å². The largest absolute Gasteiger partial charge is 0.308 e. The fourth-order valence-corrected chi connectivity index (χ4v) is 9.43. The van der Waals surface area contributed by atoms with E-state index in [9.17, 15) is 0 Å². The molecule has 0 unspecified atom stereocenters. The Labute approximate surface area is 293 Å². The Bertz CT molecular complexity index is 2630. The fourth-order valence-electron chi connectivity index (χ4n) is 7.37. The molecule has 49 heavy (non-hydrogen) atoms. The Morgan fingerprint density at radius 2 is 0.837 bits per heavy atom. The maximum atomic E-state index is 2.45. The van der Waals surface area contributed by atoms with Gasteiger partial charge in [-0.1, -0.05) is 127 Å². The molecule has 0 saturated heterocycles. The summed E-state index contributed by atoms with van der Waals surface area (Å²) in [5, 5.41) is 7.75. The minimum Gasteiger partial charge on any atom is -0.308 e. The highest BCUT2D eigenvalue weighted by molar-refractivity contribution is 7.99. The maximum Gasteiger partial charge on any atom is 0.0601 e. The van der Waals surface area contributed by atoms with E-state index in [1.807, 2.05) is 23.1 Å². The third-order valence-corrected chi connectivity index (χ3v) is 11.9. The maximum absolute atomic E-state index is 2.45.